The Balaban J connectivity index is 2.52. The number of alkyl halides is 2. The molecule has 2 nitrogen and oxygen atoms in total. The summed E-state index contributed by atoms with van der Waals surface area (Å²) in [5.41, 5.74) is -0.0313. The molecule has 0 spiro atoms. The Hall–Kier alpha value is -1.42. The molecule has 23 heavy (non-hydrogen) atoms. The number of aliphatic hydroxyl groups is 1. The second kappa shape index (κ2) is 9.66. The van der Waals surface area contributed by atoms with Crippen molar-refractivity contribution in [3.63, 3.8) is 0 Å². The highest BCUT2D eigenvalue weighted by atomic mass is 19.3. The Morgan fingerprint density at radius 3 is 2.26 bits per heavy atom. The minimum Gasteiger partial charge on any atom is -0.497 e. The van der Waals surface area contributed by atoms with Crippen LogP contribution in [0.1, 0.15) is 63.5 Å². The molecule has 4 heteroatoms. The molecule has 1 rings (SSSR count). The molecule has 1 atom stereocenters. The maximum Gasteiger partial charge on any atom is 0.298 e. The lowest BCUT2D eigenvalue weighted by Gasteiger charge is -2.25. The van der Waals surface area contributed by atoms with Crippen molar-refractivity contribution in [2.45, 2.75) is 63.9 Å². The van der Waals surface area contributed by atoms with E-state index in [0.29, 0.717) is 12.2 Å². The topological polar surface area (TPSA) is 29.5 Å². The van der Waals surface area contributed by atoms with Gasteiger partial charge in [0.25, 0.3) is 5.92 Å². The fourth-order valence-electron chi connectivity index (χ4n) is 2.47. The summed E-state index contributed by atoms with van der Waals surface area (Å²) in [5, 5.41) is 10.0. The maximum absolute atomic E-state index is 14.3. The summed E-state index contributed by atoms with van der Waals surface area (Å²) < 4.78 is 33.6. The van der Waals surface area contributed by atoms with E-state index in [1.54, 1.807) is 12.1 Å². The predicted molar refractivity (Wildman–Crippen MR) is 90.0 cm³/mol. The zero-order valence-corrected chi connectivity index (χ0v) is 14.2. The first-order valence-electron chi connectivity index (χ1n) is 8.31. The molecule has 1 unspecified atom stereocenters. The fraction of sp³-hybridized carbons (Fsp3) is 0.579. The van der Waals surface area contributed by atoms with Crippen LogP contribution >= 0.6 is 0 Å². The van der Waals surface area contributed by atoms with Crippen LogP contribution in [0.5, 0.6) is 5.75 Å². The molecule has 0 heterocycles. The van der Waals surface area contributed by atoms with Crippen LogP contribution in [0.15, 0.2) is 36.4 Å². The van der Waals surface area contributed by atoms with E-state index in [2.05, 4.69) is 13.5 Å². The standard InChI is InChI=1S/C19H28F2O2/c1-4-5-6-7-8-9-10-15(2)19(20,21)18(22)16-11-13-17(23-3)14-12-16/h11-14,18,22H,2,4-10H2,1,3H3. The molecule has 0 aliphatic heterocycles. The Labute approximate surface area is 138 Å². The summed E-state index contributed by atoms with van der Waals surface area (Å²) in [6.07, 6.45) is 4.54. The first kappa shape index (κ1) is 19.6. The van der Waals surface area contributed by atoms with Gasteiger partial charge in [-0.1, -0.05) is 57.7 Å². The van der Waals surface area contributed by atoms with Crippen LogP contribution < -0.4 is 4.74 Å². The van der Waals surface area contributed by atoms with Crippen molar-refractivity contribution in [2.75, 3.05) is 7.11 Å². The summed E-state index contributed by atoms with van der Waals surface area (Å²) in [4.78, 5) is 0. The molecule has 0 saturated heterocycles. The number of methoxy groups -OCH3 is 1. The number of benzene rings is 1. The van der Waals surface area contributed by atoms with E-state index in [9.17, 15) is 13.9 Å². The first-order valence-corrected chi connectivity index (χ1v) is 8.31. The normalized spacial score (nSPS) is 12.9. The highest BCUT2D eigenvalue weighted by molar-refractivity contribution is 5.31. The maximum atomic E-state index is 14.3. The van der Waals surface area contributed by atoms with E-state index in [1.165, 1.54) is 32.1 Å². The van der Waals surface area contributed by atoms with Gasteiger partial charge in [0.15, 0.2) is 0 Å². The van der Waals surface area contributed by atoms with Gasteiger partial charge in [-0.05, 0) is 36.1 Å². The fourth-order valence-corrected chi connectivity index (χ4v) is 2.47. The molecular weight excluding hydrogens is 298 g/mol. The van der Waals surface area contributed by atoms with Gasteiger partial charge in [0.05, 0.1) is 7.11 Å². The summed E-state index contributed by atoms with van der Waals surface area (Å²) in [7, 11) is 1.50. The summed E-state index contributed by atoms with van der Waals surface area (Å²) in [6.45, 7) is 5.65. The molecule has 0 fully saturated rings. The van der Waals surface area contributed by atoms with Gasteiger partial charge in [-0.2, -0.15) is 8.78 Å². The molecule has 0 bridgehead atoms. The first-order chi connectivity index (χ1) is 10.9. The molecule has 130 valence electrons. The summed E-state index contributed by atoms with van der Waals surface area (Å²) >= 11 is 0. The van der Waals surface area contributed by atoms with Crippen LogP contribution in [0.4, 0.5) is 8.78 Å². The summed E-state index contributed by atoms with van der Waals surface area (Å²) in [5.74, 6) is -2.76. The average molecular weight is 326 g/mol. The number of ether oxygens (including phenoxy) is 1. The highest BCUT2D eigenvalue weighted by Gasteiger charge is 2.41. The van der Waals surface area contributed by atoms with Gasteiger partial charge in [-0.15, -0.1) is 0 Å². The van der Waals surface area contributed by atoms with Crippen LogP contribution in [0.2, 0.25) is 0 Å². The molecule has 1 aromatic carbocycles. The lowest BCUT2D eigenvalue weighted by atomic mass is 9.94. The monoisotopic (exact) mass is 326 g/mol. The number of unbranched alkanes of at least 4 members (excludes halogenated alkanes) is 5. The molecule has 0 amide bonds. The van der Waals surface area contributed by atoms with Crippen LogP contribution in [0.3, 0.4) is 0 Å². The zero-order valence-electron chi connectivity index (χ0n) is 14.2. The average Bonchev–Trinajstić information content (AvgIpc) is 2.57. The predicted octanol–water partition coefficient (Wildman–Crippen LogP) is 5.67. The number of rotatable bonds is 11. The van der Waals surface area contributed by atoms with E-state index in [1.807, 2.05) is 0 Å². The molecule has 1 aromatic rings. The summed E-state index contributed by atoms with van der Waals surface area (Å²) in [6, 6.07) is 6.03. The Bertz CT molecular complexity index is 469. The third-order valence-electron chi connectivity index (χ3n) is 4.08. The van der Waals surface area contributed by atoms with Crippen molar-refractivity contribution in [2.24, 2.45) is 0 Å². The van der Waals surface area contributed by atoms with Gasteiger partial charge in [0.2, 0.25) is 0 Å². The molecule has 0 saturated carbocycles. The quantitative estimate of drug-likeness (QED) is 0.419. The lowest BCUT2D eigenvalue weighted by Crippen LogP contribution is -2.28. The number of hydrogen-bond donors (Lipinski definition) is 1. The van der Waals surface area contributed by atoms with E-state index in [-0.39, 0.29) is 17.6 Å². The molecule has 0 aromatic heterocycles. The Kier molecular flexibility index (Phi) is 8.24. The van der Waals surface area contributed by atoms with Gasteiger partial charge < -0.3 is 9.84 Å². The van der Waals surface area contributed by atoms with E-state index in [4.69, 9.17) is 4.74 Å². The minimum absolute atomic E-state index is 0.167. The largest absolute Gasteiger partial charge is 0.497 e. The van der Waals surface area contributed by atoms with Gasteiger partial charge in [-0.25, -0.2) is 0 Å². The second-order valence-electron chi connectivity index (χ2n) is 5.92. The van der Waals surface area contributed by atoms with Crippen LogP contribution in [0.25, 0.3) is 0 Å². The van der Waals surface area contributed by atoms with Gasteiger partial charge in [-0.3, -0.25) is 0 Å². The second-order valence-corrected chi connectivity index (χ2v) is 5.92. The number of halogens is 2. The van der Waals surface area contributed by atoms with Gasteiger partial charge in [0.1, 0.15) is 11.9 Å². The molecule has 0 radical (unpaired) electrons. The van der Waals surface area contributed by atoms with Crippen molar-refractivity contribution in [1.29, 1.82) is 0 Å². The number of aliphatic hydroxyl groups excluding tert-OH is 1. The van der Waals surface area contributed by atoms with Crippen molar-refractivity contribution in [3.8, 4) is 5.75 Å². The number of hydrogen-bond acceptors (Lipinski definition) is 2. The van der Waals surface area contributed by atoms with E-state index in [0.717, 1.165) is 19.3 Å². The van der Waals surface area contributed by atoms with Crippen molar-refractivity contribution >= 4 is 0 Å². The molecule has 1 N–H and O–H groups in total. The highest BCUT2D eigenvalue weighted by Crippen LogP contribution is 2.39. The van der Waals surface area contributed by atoms with Crippen LogP contribution in [-0.4, -0.2) is 18.1 Å². The van der Waals surface area contributed by atoms with Gasteiger partial charge >= 0.3 is 0 Å². The smallest absolute Gasteiger partial charge is 0.298 e. The van der Waals surface area contributed by atoms with Crippen molar-refractivity contribution < 1.29 is 18.6 Å². The molecular formula is C19H28F2O2. The Morgan fingerprint density at radius 1 is 1.13 bits per heavy atom. The van der Waals surface area contributed by atoms with Crippen molar-refractivity contribution in [3.05, 3.63) is 42.0 Å². The molecule has 0 aliphatic rings. The third-order valence-corrected chi connectivity index (χ3v) is 4.08. The zero-order chi connectivity index (χ0) is 17.3. The van der Waals surface area contributed by atoms with Crippen LogP contribution in [0, 0.1) is 0 Å². The minimum atomic E-state index is -3.32. The van der Waals surface area contributed by atoms with Gasteiger partial charge in [0, 0.05) is 0 Å². The Morgan fingerprint density at radius 2 is 1.70 bits per heavy atom. The van der Waals surface area contributed by atoms with Crippen molar-refractivity contribution in [1.82, 2.24) is 0 Å². The molecule has 0 aliphatic carbocycles. The van der Waals surface area contributed by atoms with E-state index >= 15 is 0 Å². The van der Waals surface area contributed by atoms with Crippen LogP contribution in [-0.2, 0) is 0 Å². The lowest BCUT2D eigenvalue weighted by molar-refractivity contribution is -0.0825. The third kappa shape index (κ3) is 5.94. The SMILES string of the molecule is C=C(CCCCCCCC)C(F)(F)C(O)c1ccc(OC)cc1. The van der Waals surface area contributed by atoms with E-state index < -0.39 is 12.0 Å².